The van der Waals surface area contributed by atoms with Crippen molar-refractivity contribution in [1.82, 2.24) is 10.2 Å². The standard InChI is InChI=1S/C10H18F3N3O/c1-9(14,10(11,12)13)8(17)15-7-3-5-16(2)6-4-7/h7H,3-6,14H2,1-2H3,(H,15,17). The molecule has 1 aliphatic heterocycles. The SMILES string of the molecule is CN1CCC(NC(=O)C(C)(N)C(F)(F)F)CC1. The highest BCUT2D eigenvalue weighted by atomic mass is 19.4. The summed E-state index contributed by atoms with van der Waals surface area (Å²) in [7, 11) is 1.93. The van der Waals surface area contributed by atoms with Gasteiger partial charge in [-0.3, -0.25) is 4.79 Å². The van der Waals surface area contributed by atoms with E-state index in [9.17, 15) is 18.0 Å². The maximum absolute atomic E-state index is 12.5. The van der Waals surface area contributed by atoms with Crippen LogP contribution in [0.2, 0.25) is 0 Å². The van der Waals surface area contributed by atoms with Gasteiger partial charge in [0.25, 0.3) is 0 Å². The van der Waals surface area contributed by atoms with Gasteiger partial charge >= 0.3 is 6.18 Å². The molecule has 100 valence electrons. The van der Waals surface area contributed by atoms with Gasteiger partial charge in [0, 0.05) is 6.04 Å². The number of nitrogens with two attached hydrogens (primary N) is 1. The lowest BCUT2D eigenvalue weighted by atomic mass is 9.99. The molecular weight excluding hydrogens is 235 g/mol. The Morgan fingerprint density at radius 1 is 1.35 bits per heavy atom. The number of piperidine rings is 1. The lowest BCUT2D eigenvalue weighted by Crippen LogP contribution is -2.63. The van der Waals surface area contributed by atoms with Crippen LogP contribution in [0, 0.1) is 0 Å². The van der Waals surface area contributed by atoms with Crippen LogP contribution < -0.4 is 11.1 Å². The van der Waals surface area contributed by atoms with Crippen LogP contribution in [0.5, 0.6) is 0 Å². The predicted octanol–water partition coefficient (Wildman–Crippen LogP) is 0.476. The van der Waals surface area contributed by atoms with E-state index in [1.54, 1.807) is 0 Å². The van der Waals surface area contributed by atoms with Crippen molar-refractivity contribution < 1.29 is 18.0 Å². The molecule has 0 spiro atoms. The Balaban J connectivity index is 2.55. The molecule has 17 heavy (non-hydrogen) atoms. The first kappa shape index (κ1) is 14.2. The second-order valence-electron chi connectivity index (χ2n) is 4.75. The largest absolute Gasteiger partial charge is 0.415 e. The molecule has 0 aromatic heterocycles. The highest BCUT2D eigenvalue weighted by molar-refractivity contribution is 5.86. The minimum Gasteiger partial charge on any atom is -0.351 e. The number of rotatable bonds is 2. The molecule has 4 nitrogen and oxygen atoms in total. The van der Waals surface area contributed by atoms with Crippen LogP contribution in [0.4, 0.5) is 13.2 Å². The highest BCUT2D eigenvalue weighted by Gasteiger charge is 2.54. The first-order valence-electron chi connectivity index (χ1n) is 5.49. The van der Waals surface area contributed by atoms with E-state index < -0.39 is 17.6 Å². The molecule has 3 N–H and O–H groups in total. The molecule has 1 heterocycles. The molecule has 0 aliphatic carbocycles. The third-order valence-corrected chi connectivity index (χ3v) is 3.11. The van der Waals surface area contributed by atoms with Gasteiger partial charge in [-0.15, -0.1) is 0 Å². The number of hydrogen-bond acceptors (Lipinski definition) is 3. The first-order chi connectivity index (χ1) is 7.64. The van der Waals surface area contributed by atoms with E-state index in [-0.39, 0.29) is 6.04 Å². The Bertz CT molecular complexity index is 283. The number of carbonyl (C=O) groups is 1. The summed E-state index contributed by atoms with van der Waals surface area (Å²) in [4.78, 5) is 13.6. The maximum Gasteiger partial charge on any atom is 0.415 e. The Hall–Kier alpha value is -0.820. The lowest BCUT2D eigenvalue weighted by molar-refractivity contribution is -0.187. The number of hydrogen-bond donors (Lipinski definition) is 2. The van der Waals surface area contributed by atoms with Gasteiger partial charge in [-0.2, -0.15) is 13.2 Å². The molecule has 1 atom stereocenters. The number of amides is 1. The van der Waals surface area contributed by atoms with E-state index >= 15 is 0 Å². The topological polar surface area (TPSA) is 58.4 Å². The Morgan fingerprint density at radius 3 is 2.24 bits per heavy atom. The van der Waals surface area contributed by atoms with Crippen molar-refractivity contribution in [3.8, 4) is 0 Å². The molecule has 0 aromatic rings. The van der Waals surface area contributed by atoms with E-state index in [2.05, 4.69) is 10.2 Å². The third-order valence-electron chi connectivity index (χ3n) is 3.11. The number of halogens is 3. The van der Waals surface area contributed by atoms with Crippen LogP contribution in [-0.4, -0.2) is 48.7 Å². The molecule has 0 bridgehead atoms. The van der Waals surface area contributed by atoms with Gasteiger partial charge in [0.05, 0.1) is 0 Å². The van der Waals surface area contributed by atoms with Crippen LogP contribution in [0.25, 0.3) is 0 Å². The number of likely N-dealkylation sites (tertiary alicyclic amines) is 1. The maximum atomic E-state index is 12.5. The second kappa shape index (κ2) is 4.81. The van der Waals surface area contributed by atoms with Crippen molar-refractivity contribution in [1.29, 1.82) is 0 Å². The summed E-state index contributed by atoms with van der Waals surface area (Å²) in [5, 5.41) is 2.38. The zero-order valence-corrected chi connectivity index (χ0v) is 9.97. The molecule has 0 aromatic carbocycles. The molecule has 1 aliphatic rings. The van der Waals surface area contributed by atoms with Gasteiger partial charge in [-0.1, -0.05) is 0 Å². The van der Waals surface area contributed by atoms with Crippen molar-refractivity contribution in [2.45, 2.75) is 37.5 Å². The summed E-state index contributed by atoms with van der Waals surface area (Å²) in [6, 6.07) is -0.219. The van der Waals surface area contributed by atoms with Crippen LogP contribution in [0.1, 0.15) is 19.8 Å². The molecule has 7 heteroatoms. The average molecular weight is 253 g/mol. The van der Waals surface area contributed by atoms with E-state index in [4.69, 9.17) is 5.73 Å². The Labute approximate surface area is 98.3 Å². The number of nitrogens with one attached hydrogen (secondary N) is 1. The summed E-state index contributed by atoms with van der Waals surface area (Å²) in [6.45, 7) is 2.22. The van der Waals surface area contributed by atoms with Crippen molar-refractivity contribution >= 4 is 5.91 Å². The Morgan fingerprint density at radius 2 is 1.82 bits per heavy atom. The summed E-state index contributed by atoms with van der Waals surface area (Å²) < 4.78 is 37.5. The smallest absolute Gasteiger partial charge is 0.351 e. The minimum absolute atomic E-state index is 0.219. The summed E-state index contributed by atoms with van der Waals surface area (Å²) >= 11 is 0. The van der Waals surface area contributed by atoms with Gasteiger partial charge < -0.3 is 16.0 Å². The van der Waals surface area contributed by atoms with E-state index in [0.29, 0.717) is 19.8 Å². The normalized spacial score (nSPS) is 23.2. The van der Waals surface area contributed by atoms with Gasteiger partial charge in [0.1, 0.15) is 0 Å². The lowest BCUT2D eigenvalue weighted by Gasteiger charge is -2.33. The summed E-state index contributed by atoms with van der Waals surface area (Å²) in [5.74, 6) is -1.15. The molecule has 1 unspecified atom stereocenters. The Kier molecular flexibility index (Phi) is 4.03. The zero-order valence-electron chi connectivity index (χ0n) is 9.97. The minimum atomic E-state index is -4.73. The van der Waals surface area contributed by atoms with Crippen LogP contribution in [0.15, 0.2) is 0 Å². The monoisotopic (exact) mass is 253 g/mol. The molecule has 1 rings (SSSR count). The van der Waals surface area contributed by atoms with Gasteiger partial charge in [0.2, 0.25) is 5.91 Å². The van der Waals surface area contributed by atoms with Crippen molar-refractivity contribution in [3.63, 3.8) is 0 Å². The molecule has 0 saturated carbocycles. The van der Waals surface area contributed by atoms with Crippen LogP contribution in [0.3, 0.4) is 0 Å². The average Bonchev–Trinajstić information content (AvgIpc) is 2.19. The van der Waals surface area contributed by atoms with Gasteiger partial charge in [-0.25, -0.2) is 0 Å². The molecule has 1 amide bonds. The van der Waals surface area contributed by atoms with Gasteiger partial charge in [0.15, 0.2) is 5.54 Å². The van der Waals surface area contributed by atoms with Crippen molar-refractivity contribution in [3.05, 3.63) is 0 Å². The van der Waals surface area contributed by atoms with E-state index in [1.165, 1.54) is 0 Å². The van der Waals surface area contributed by atoms with E-state index in [1.807, 2.05) is 7.05 Å². The van der Waals surface area contributed by atoms with Crippen LogP contribution >= 0.6 is 0 Å². The molecule has 0 radical (unpaired) electrons. The van der Waals surface area contributed by atoms with E-state index in [0.717, 1.165) is 13.1 Å². The van der Waals surface area contributed by atoms with Gasteiger partial charge in [-0.05, 0) is 39.9 Å². The molecular formula is C10H18F3N3O. The number of alkyl halides is 3. The fraction of sp³-hybridized carbons (Fsp3) is 0.900. The quantitative estimate of drug-likeness (QED) is 0.752. The van der Waals surface area contributed by atoms with Crippen molar-refractivity contribution in [2.75, 3.05) is 20.1 Å². The molecule has 1 saturated heterocycles. The highest BCUT2D eigenvalue weighted by Crippen LogP contribution is 2.28. The fourth-order valence-corrected chi connectivity index (χ4v) is 1.62. The third kappa shape index (κ3) is 3.32. The zero-order chi connectivity index (χ0) is 13.3. The fourth-order valence-electron chi connectivity index (χ4n) is 1.62. The number of nitrogens with zero attached hydrogens (tertiary/aromatic N) is 1. The predicted molar refractivity (Wildman–Crippen MR) is 57.3 cm³/mol. The molecule has 1 fully saturated rings. The second-order valence-corrected chi connectivity index (χ2v) is 4.75. The van der Waals surface area contributed by atoms with Crippen LogP contribution in [-0.2, 0) is 4.79 Å². The summed E-state index contributed by atoms with van der Waals surface area (Å²) in [6.07, 6.45) is -3.44. The van der Waals surface area contributed by atoms with Crippen molar-refractivity contribution in [2.24, 2.45) is 5.73 Å². The number of carbonyl (C=O) groups excluding carboxylic acids is 1. The first-order valence-corrected chi connectivity index (χ1v) is 5.49. The summed E-state index contributed by atoms with van der Waals surface area (Å²) in [5.41, 5.74) is 2.21.